The molecule has 0 saturated carbocycles. The molecule has 122 valence electrons. The van der Waals surface area contributed by atoms with E-state index < -0.39 is 5.82 Å². The van der Waals surface area contributed by atoms with Crippen molar-refractivity contribution in [2.75, 3.05) is 12.8 Å². The van der Waals surface area contributed by atoms with E-state index in [0.29, 0.717) is 22.2 Å². The Hall–Kier alpha value is -2.74. The van der Waals surface area contributed by atoms with E-state index in [4.69, 9.17) is 0 Å². The van der Waals surface area contributed by atoms with Gasteiger partial charge in [-0.05, 0) is 24.3 Å². The molecule has 0 fully saturated rings. The van der Waals surface area contributed by atoms with Crippen molar-refractivity contribution in [3.05, 3.63) is 54.6 Å². The fourth-order valence-corrected chi connectivity index (χ4v) is 2.91. The Balaban J connectivity index is 2.09. The van der Waals surface area contributed by atoms with Gasteiger partial charge in [0.05, 0.1) is 11.4 Å². The molecule has 3 rings (SSSR count). The van der Waals surface area contributed by atoms with Crippen LogP contribution in [0.4, 0.5) is 4.39 Å². The number of nitrogens with one attached hydrogen (secondary N) is 1. The number of pyridine rings is 1. The van der Waals surface area contributed by atoms with Crippen molar-refractivity contribution in [3.63, 3.8) is 0 Å². The number of aromatic nitrogens is 4. The van der Waals surface area contributed by atoms with E-state index in [-0.39, 0.29) is 11.7 Å². The van der Waals surface area contributed by atoms with Gasteiger partial charge in [-0.25, -0.2) is 4.39 Å². The molecule has 0 saturated heterocycles. The molecule has 24 heavy (non-hydrogen) atoms. The third-order valence-electron chi connectivity index (χ3n) is 3.26. The second-order valence-electron chi connectivity index (χ2n) is 4.80. The zero-order valence-electron chi connectivity index (χ0n) is 12.8. The van der Waals surface area contributed by atoms with Gasteiger partial charge in [0.15, 0.2) is 11.0 Å². The summed E-state index contributed by atoms with van der Waals surface area (Å²) in [6.07, 6.45) is 3.28. The molecular weight excluding hydrogens is 329 g/mol. The Bertz CT molecular complexity index is 853. The van der Waals surface area contributed by atoms with Crippen molar-refractivity contribution in [2.45, 2.75) is 5.16 Å². The minimum absolute atomic E-state index is 0.147. The van der Waals surface area contributed by atoms with Crippen LogP contribution in [-0.4, -0.2) is 38.5 Å². The summed E-state index contributed by atoms with van der Waals surface area (Å²) in [6.45, 7) is 0. The average molecular weight is 343 g/mol. The summed E-state index contributed by atoms with van der Waals surface area (Å²) in [5, 5.41) is 11.3. The molecule has 0 bridgehead atoms. The minimum Gasteiger partial charge on any atom is -0.358 e. The first kappa shape index (κ1) is 16.1. The summed E-state index contributed by atoms with van der Waals surface area (Å²) in [6, 6.07) is 9.95. The number of thioether (sulfide) groups is 1. The average Bonchev–Trinajstić information content (AvgIpc) is 3.04. The summed E-state index contributed by atoms with van der Waals surface area (Å²) in [7, 11) is 1.56. The Morgan fingerprint density at radius 3 is 2.79 bits per heavy atom. The van der Waals surface area contributed by atoms with Crippen LogP contribution in [0.1, 0.15) is 0 Å². The zero-order chi connectivity index (χ0) is 16.9. The van der Waals surface area contributed by atoms with Gasteiger partial charge in [0, 0.05) is 25.0 Å². The quantitative estimate of drug-likeness (QED) is 0.720. The van der Waals surface area contributed by atoms with Crippen molar-refractivity contribution in [1.29, 1.82) is 0 Å². The number of carbonyl (C=O) groups excluding carboxylic acids is 1. The molecule has 6 nitrogen and oxygen atoms in total. The van der Waals surface area contributed by atoms with Crippen molar-refractivity contribution in [3.8, 4) is 17.1 Å². The highest BCUT2D eigenvalue weighted by Crippen LogP contribution is 2.28. The van der Waals surface area contributed by atoms with Crippen LogP contribution in [0.3, 0.4) is 0 Å². The highest BCUT2D eigenvalue weighted by molar-refractivity contribution is 7.99. The molecule has 8 heteroatoms. The first-order valence-electron chi connectivity index (χ1n) is 7.15. The molecule has 1 N–H and O–H groups in total. The summed E-state index contributed by atoms with van der Waals surface area (Å²) in [4.78, 5) is 15.6. The largest absolute Gasteiger partial charge is 0.358 e. The first-order chi connectivity index (χ1) is 11.7. The van der Waals surface area contributed by atoms with Crippen LogP contribution in [0.25, 0.3) is 17.1 Å². The van der Waals surface area contributed by atoms with E-state index in [2.05, 4.69) is 20.5 Å². The molecule has 3 aromatic rings. The maximum absolute atomic E-state index is 14.3. The van der Waals surface area contributed by atoms with Crippen LogP contribution in [0, 0.1) is 5.82 Å². The van der Waals surface area contributed by atoms with Crippen molar-refractivity contribution < 1.29 is 9.18 Å². The lowest BCUT2D eigenvalue weighted by Crippen LogP contribution is -2.20. The molecular formula is C16H14FN5OS. The predicted molar refractivity (Wildman–Crippen MR) is 89.3 cm³/mol. The van der Waals surface area contributed by atoms with Crippen molar-refractivity contribution in [2.24, 2.45) is 0 Å². The summed E-state index contributed by atoms with van der Waals surface area (Å²) in [5.74, 6) is 0.0821. The second-order valence-corrected chi connectivity index (χ2v) is 5.74. The molecule has 0 atom stereocenters. The van der Waals surface area contributed by atoms with E-state index >= 15 is 0 Å². The Kier molecular flexibility index (Phi) is 4.85. The topological polar surface area (TPSA) is 72.7 Å². The molecule has 0 aliphatic carbocycles. The fourth-order valence-electron chi connectivity index (χ4n) is 2.10. The van der Waals surface area contributed by atoms with Crippen LogP contribution in [0.2, 0.25) is 0 Å². The Morgan fingerprint density at radius 2 is 2.08 bits per heavy atom. The maximum atomic E-state index is 14.3. The Labute approximate surface area is 142 Å². The lowest BCUT2D eigenvalue weighted by Gasteiger charge is -2.10. The van der Waals surface area contributed by atoms with Crippen LogP contribution in [0.15, 0.2) is 53.9 Å². The third kappa shape index (κ3) is 3.28. The monoisotopic (exact) mass is 343 g/mol. The number of para-hydroxylation sites is 1. The molecule has 0 radical (unpaired) electrons. The summed E-state index contributed by atoms with van der Waals surface area (Å²) < 4.78 is 15.9. The lowest BCUT2D eigenvalue weighted by molar-refractivity contribution is -0.118. The smallest absolute Gasteiger partial charge is 0.230 e. The van der Waals surface area contributed by atoms with E-state index in [1.807, 2.05) is 6.07 Å². The maximum Gasteiger partial charge on any atom is 0.230 e. The first-order valence-corrected chi connectivity index (χ1v) is 8.13. The van der Waals surface area contributed by atoms with Crippen LogP contribution >= 0.6 is 11.8 Å². The van der Waals surface area contributed by atoms with Gasteiger partial charge >= 0.3 is 0 Å². The predicted octanol–water partition coefficient (Wildman–Crippen LogP) is 2.31. The number of benzene rings is 1. The van der Waals surface area contributed by atoms with E-state index in [1.165, 1.54) is 17.8 Å². The highest BCUT2D eigenvalue weighted by atomic mass is 32.2. The standard InChI is InChI=1S/C16H14FN5OS/c1-18-14(23)10-24-16-21-20-15(11-5-4-8-19-9-11)22(16)13-7-3-2-6-12(13)17/h2-9H,10H2,1H3,(H,18,23). The summed E-state index contributed by atoms with van der Waals surface area (Å²) in [5.41, 5.74) is 1.03. The SMILES string of the molecule is CNC(=O)CSc1nnc(-c2cccnc2)n1-c1ccccc1F. The Morgan fingerprint density at radius 1 is 1.25 bits per heavy atom. The second kappa shape index (κ2) is 7.22. The van der Waals surface area contributed by atoms with Gasteiger partial charge < -0.3 is 5.32 Å². The number of rotatable bonds is 5. The number of carbonyl (C=O) groups is 1. The van der Waals surface area contributed by atoms with Gasteiger partial charge in [0.2, 0.25) is 5.91 Å². The summed E-state index contributed by atoms with van der Waals surface area (Å²) >= 11 is 1.19. The molecule has 1 aromatic carbocycles. The van der Waals surface area contributed by atoms with Crippen LogP contribution < -0.4 is 5.32 Å². The highest BCUT2D eigenvalue weighted by Gasteiger charge is 2.19. The van der Waals surface area contributed by atoms with E-state index in [9.17, 15) is 9.18 Å². The number of halogens is 1. The van der Waals surface area contributed by atoms with Crippen LogP contribution in [-0.2, 0) is 4.79 Å². The third-order valence-corrected chi connectivity index (χ3v) is 4.19. The molecule has 1 amide bonds. The van der Waals surface area contributed by atoms with Crippen LogP contribution in [0.5, 0.6) is 0 Å². The minimum atomic E-state index is -0.399. The van der Waals surface area contributed by atoms with Gasteiger partial charge in [0.1, 0.15) is 5.82 Å². The molecule has 2 heterocycles. The van der Waals surface area contributed by atoms with E-state index in [0.717, 1.165) is 0 Å². The molecule has 0 spiro atoms. The number of amides is 1. The van der Waals surface area contributed by atoms with Gasteiger partial charge in [-0.15, -0.1) is 10.2 Å². The fraction of sp³-hybridized carbons (Fsp3) is 0.125. The normalized spacial score (nSPS) is 10.6. The van der Waals surface area contributed by atoms with Gasteiger partial charge in [-0.2, -0.15) is 0 Å². The molecule has 0 unspecified atom stereocenters. The van der Waals surface area contributed by atoms with Crippen molar-refractivity contribution >= 4 is 17.7 Å². The van der Waals surface area contributed by atoms with E-state index in [1.54, 1.807) is 48.3 Å². The number of nitrogens with zero attached hydrogens (tertiary/aromatic N) is 4. The molecule has 0 aliphatic rings. The lowest BCUT2D eigenvalue weighted by atomic mass is 10.2. The number of hydrogen-bond acceptors (Lipinski definition) is 5. The zero-order valence-corrected chi connectivity index (χ0v) is 13.6. The van der Waals surface area contributed by atoms with Gasteiger partial charge in [-0.3, -0.25) is 14.3 Å². The van der Waals surface area contributed by atoms with Gasteiger partial charge in [0.25, 0.3) is 0 Å². The number of hydrogen-bond donors (Lipinski definition) is 1. The van der Waals surface area contributed by atoms with Crippen molar-refractivity contribution in [1.82, 2.24) is 25.1 Å². The molecule has 0 aliphatic heterocycles. The molecule has 2 aromatic heterocycles. The van der Waals surface area contributed by atoms with Gasteiger partial charge in [-0.1, -0.05) is 23.9 Å².